The fourth-order valence-electron chi connectivity index (χ4n) is 6.29. The predicted octanol–water partition coefficient (Wildman–Crippen LogP) is 7.37. The van der Waals surface area contributed by atoms with E-state index in [0.29, 0.717) is 17.9 Å². The number of ether oxygens (including phenoxy) is 2. The highest BCUT2D eigenvalue weighted by molar-refractivity contribution is 7.48. The van der Waals surface area contributed by atoms with E-state index in [1.54, 1.807) is 13.0 Å². The third-order valence-corrected chi connectivity index (χ3v) is 10.0. The van der Waals surface area contributed by atoms with Crippen LogP contribution in [0.2, 0.25) is 0 Å². The van der Waals surface area contributed by atoms with Crippen LogP contribution in [0.15, 0.2) is 17.6 Å². The molecule has 2 aliphatic heterocycles. The second-order valence-corrected chi connectivity index (χ2v) is 15.3. The first kappa shape index (κ1) is 37.2. The van der Waals surface area contributed by atoms with Crippen LogP contribution >= 0.6 is 7.82 Å². The molecule has 1 aromatic rings. The number of fused-ring (bicyclic) bond motifs is 1. The smallest absolute Gasteiger partial charge is 0.505 e. The molecular weight excluding hydrogens is 599 g/mol. The van der Waals surface area contributed by atoms with Crippen LogP contribution in [0.1, 0.15) is 116 Å². The normalized spacial score (nSPS) is 23.2. The van der Waals surface area contributed by atoms with Crippen molar-refractivity contribution in [3.63, 3.8) is 0 Å². The van der Waals surface area contributed by atoms with E-state index in [-0.39, 0.29) is 11.4 Å². The Morgan fingerprint density at radius 1 is 1.02 bits per heavy atom. The maximum absolute atomic E-state index is 12.9. The molecule has 1 aromatic carbocycles. The van der Waals surface area contributed by atoms with Crippen molar-refractivity contribution in [3.05, 3.63) is 34.3 Å². The number of carbonyl (C=O) groups excluding carboxylic acids is 1. The van der Waals surface area contributed by atoms with Crippen molar-refractivity contribution >= 4 is 13.8 Å². The molecule has 4 N–H and O–H groups in total. The summed E-state index contributed by atoms with van der Waals surface area (Å²) in [6.07, 6.45) is 9.31. The van der Waals surface area contributed by atoms with Gasteiger partial charge in [-0.25, -0.2) is 9.36 Å². The van der Waals surface area contributed by atoms with E-state index in [9.17, 15) is 24.5 Å². The van der Waals surface area contributed by atoms with Gasteiger partial charge >= 0.3 is 13.8 Å². The van der Waals surface area contributed by atoms with E-state index < -0.39 is 44.1 Å². The zero-order valence-corrected chi connectivity index (χ0v) is 29.0. The second kappa shape index (κ2) is 16.0. The molecule has 3 rings (SSSR count). The van der Waals surface area contributed by atoms with Gasteiger partial charge in [0.25, 0.3) is 5.76 Å². The van der Waals surface area contributed by atoms with Crippen LogP contribution in [0.3, 0.4) is 0 Å². The van der Waals surface area contributed by atoms with Crippen molar-refractivity contribution in [2.75, 3.05) is 6.61 Å². The molecule has 0 saturated carbocycles. The van der Waals surface area contributed by atoms with Crippen LogP contribution in [0.5, 0.6) is 11.5 Å². The first-order valence-corrected chi connectivity index (χ1v) is 18.0. The van der Waals surface area contributed by atoms with E-state index in [1.165, 1.54) is 44.9 Å². The van der Waals surface area contributed by atoms with Crippen LogP contribution in [-0.4, -0.2) is 50.6 Å². The Balaban J connectivity index is 1.54. The third-order valence-electron chi connectivity index (χ3n) is 9.21. The van der Waals surface area contributed by atoms with Gasteiger partial charge in [-0.05, 0) is 81.4 Å². The Morgan fingerprint density at radius 2 is 1.62 bits per heavy atom. The van der Waals surface area contributed by atoms with Gasteiger partial charge in [-0.2, -0.15) is 0 Å². The molecule has 0 radical (unpaired) electrons. The fraction of sp³-hybridized carbons (Fsp3) is 0.735. The summed E-state index contributed by atoms with van der Waals surface area (Å²) in [6.45, 7) is 14.3. The van der Waals surface area contributed by atoms with Crippen molar-refractivity contribution in [2.45, 2.75) is 137 Å². The van der Waals surface area contributed by atoms with Crippen LogP contribution in [0.4, 0.5) is 0 Å². The average Bonchev–Trinajstić information content (AvgIpc) is 3.22. The standard InChI is InChI=1S/C34H55O10P/c1-21(2)11-8-12-22(3)13-9-14-23(4)15-10-17-34(7)18-16-26-25(6)28(19-24(5)30(26)42-34)43-45(39,40)44-32-29(37)31(27(36)20-35)41-33(32)38/h19,21-23,27,31,35-37H,8-18,20H2,1-7H3,(H,39,40). The molecule has 2 heterocycles. The van der Waals surface area contributed by atoms with E-state index >= 15 is 0 Å². The average molecular weight is 655 g/mol. The Bertz CT molecular complexity index is 1240. The summed E-state index contributed by atoms with van der Waals surface area (Å²) in [5, 5.41) is 29.0. The zero-order chi connectivity index (χ0) is 33.5. The number of esters is 1. The number of aryl methyl sites for hydroxylation is 1. The molecule has 2 aliphatic rings. The lowest BCUT2D eigenvalue weighted by Crippen LogP contribution is -2.37. The van der Waals surface area contributed by atoms with Crippen LogP contribution in [0, 0.1) is 31.6 Å². The van der Waals surface area contributed by atoms with Crippen molar-refractivity contribution in [1.82, 2.24) is 0 Å². The number of hydrogen-bond donors (Lipinski definition) is 4. The van der Waals surface area contributed by atoms with Gasteiger partial charge in [-0.3, -0.25) is 4.89 Å². The number of aliphatic hydroxyl groups excluding tert-OH is 3. The fourth-order valence-corrected chi connectivity index (χ4v) is 7.16. The highest BCUT2D eigenvalue weighted by Crippen LogP contribution is 2.51. The first-order chi connectivity index (χ1) is 21.1. The van der Waals surface area contributed by atoms with Crippen LogP contribution < -0.4 is 9.26 Å². The molecule has 10 nitrogen and oxygen atoms in total. The first-order valence-electron chi connectivity index (χ1n) is 16.5. The van der Waals surface area contributed by atoms with E-state index in [2.05, 4.69) is 34.6 Å². The summed E-state index contributed by atoms with van der Waals surface area (Å²) in [4.78, 5) is 22.5. The van der Waals surface area contributed by atoms with E-state index in [0.717, 1.165) is 48.0 Å². The van der Waals surface area contributed by atoms with Gasteiger partial charge in [-0.1, -0.05) is 72.6 Å². The number of phosphoric acid groups is 1. The lowest BCUT2D eigenvalue weighted by atomic mass is 9.84. The molecule has 45 heavy (non-hydrogen) atoms. The maximum Gasteiger partial charge on any atom is 0.585 e. The minimum absolute atomic E-state index is 0.0887. The van der Waals surface area contributed by atoms with Crippen molar-refractivity contribution < 1.29 is 48.1 Å². The molecule has 0 aromatic heterocycles. The Kier molecular flexibility index (Phi) is 13.3. The third kappa shape index (κ3) is 10.4. The summed E-state index contributed by atoms with van der Waals surface area (Å²) in [7, 11) is -4.96. The predicted molar refractivity (Wildman–Crippen MR) is 172 cm³/mol. The minimum Gasteiger partial charge on any atom is -0.505 e. The molecule has 256 valence electrons. The molecule has 6 atom stereocenters. The summed E-state index contributed by atoms with van der Waals surface area (Å²) in [5.41, 5.74) is 1.92. The van der Waals surface area contributed by atoms with E-state index in [1.807, 2.05) is 6.92 Å². The number of rotatable bonds is 18. The second-order valence-electron chi connectivity index (χ2n) is 14.0. The van der Waals surface area contributed by atoms with Gasteiger partial charge < -0.3 is 33.8 Å². The van der Waals surface area contributed by atoms with Gasteiger partial charge in [0.2, 0.25) is 0 Å². The molecule has 6 unspecified atom stereocenters. The lowest BCUT2D eigenvalue weighted by Gasteiger charge is -2.38. The zero-order valence-electron chi connectivity index (χ0n) is 28.1. The number of aliphatic hydroxyl groups is 3. The van der Waals surface area contributed by atoms with E-state index in [4.69, 9.17) is 23.6 Å². The van der Waals surface area contributed by atoms with Gasteiger partial charge in [-0.15, -0.1) is 0 Å². The lowest BCUT2D eigenvalue weighted by molar-refractivity contribution is -0.147. The molecular formula is C34H55O10P. The number of benzene rings is 1. The Hall–Kier alpha value is -2.26. The topological polar surface area (TPSA) is 152 Å². The molecule has 0 aliphatic carbocycles. The van der Waals surface area contributed by atoms with Gasteiger partial charge in [0.05, 0.1) is 6.61 Å². The summed E-state index contributed by atoms with van der Waals surface area (Å²) >= 11 is 0. The molecule has 0 bridgehead atoms. The molecule has 0 saturated heterocycles. The highest BCUT2D eigenvalue weighted by Gasteiger charge is 2.44. The SMILES string of the molecule is Cc1cc(OP(=O)(O)OC2=C(O)C(C(O)CO)OC2=O)c(C)c2c1OC(C)(CCCC(C)CCCC(C)CCCC(C)C)CC2. The molecule has 0 spiro atoms. The van der Waals surface area contributed by atoms with Gasteiger partial charge in [0, 0.05) is 5.56 Å². The number of hydrogen-bond acceptors (Lipinski definition) is 9. The number of carbonyl (C=O) groups is 1. The van der Waals surface area contributed by atoms with Gasteiger partial charge in [0.15, 0.2) is 11.9 Å². The maximum atomic E-state index is 12.9. The molecule has 0 amide bonds. The van der Waals surface area contributed by atoms with Crippen molar-refractivity contribution in [2.24, 2.45) is 17.8 Å². The highest BCUT2D eigenvalue weighted by atomic mass is 31.2. The molecule has 0 fully saturated rings. The minimum atomic E-state index is -4.96. The summed E-state index contributed by atoms with van der Waals surface area (Å²) in [6, 6.07) is 1.59. The molecule has 11 heteroatoms. The summed E-state index contributed by atoms with van der Waals surface area (Å²) < 4.78 is 34.4. The number of phosphoric ester groups is 1. The largest absolute Gasteiger partial charge is 0.585 e. The van der Waals surface area contributed by atoms with Gasteiger partial charge in [0.1, 0.15) is 23.2 Å². The number of cyclic esters (lactones) is 1. The Labute approximate surface area is 268 Å². The van der Waals surface area contributed by atoms with Crippen LogP contribution in [0.25, 0.3) is 0 Å². The summed E-state index contributed by atoms with van der Waals surface area (Å²) in [5.74, 6) is 0.00370. The quantitative estimate of drug-likeness (QED) is 0.0932. The monoisotopic (exact) mass is 654 g/mol. The van der Waals surface area contributed by atoms with Crippen molar-refractivity contribution in [1.29, 1.82) is 0 Å². The van der Waals surface area contributed by atoms with Crippen molar-refractivity contribution in [3.8, 4) is 11.5 Å². The Morgan fingerprint density at radius 3 is 2.22 bits per heavy atom. The van der Waals surface area contributed by atoms with Crippen LogP contribution in [-0.2, 0) is 25.0 Å².